The van der Waals surface area contributed by atoms with E-state index < -0.39 is 0 Å². The van der Waals surface area contributed by atoms with Crippen molar-refractivity contribution in [3.63, 3.8) is 0 Å². The largest absolute Gasteiger partial charge is 0.289 e. The summed E-state index contributed by atoms with van der Waals surface area (Å²) >= 11 is 2.38. The van der Waals surface area contributed by atoms with Crippen LogP contribution in [-0.4, -0.2) is 5.78 Å². The summed E-state index contributed by atoms with van der Waals surface area (Å²) in [4.78, 5) is 13.4. The first-order chi connectivity index (χ1) is 11.9. The van der Waals surface area contributed by atoms with Crippen LogP contribution in [0.2, 0.25) is 0 Å². The Balaban J connectivity index is 1.96. The molecule has 25 heavy (non-hydrogen) atoms. The standard InChI is InChI=1S/C22H18INO/c1-4-13-8-16-17(10-19(13)23)22(2,3)18-9-14-7-12(11-24)5-6-15(14)20(18)21(16)25/h5-8,10H,4,9H2,1-3H3. The van der Waals surface area contributed by atoms with Crippen molar-refractivity contribution >= 4 is 33.9 Å². The molecule has 0 radical (unpaired) electrons. The van der Waals surface area contributed by atoms with Crippen LogP contribution in [0.15, 0.2) is 35.9 Å². The lowest BCUT2D eigenvalue weighted by molar-refractivity contribution is 0.105. The number of nitriles is 1. The molecule has 3 heteroatoms. The number of rotatable bonds is 1. The fourth-order valence-corrected chi connectivity index (χ4v) is 5.03. The average Bonchev–Trinajstić information content (AvgIpc) is 2.99. The van der Waals surface area contributed by atoms with Crippen molar-refractivity contribution < 1.29 is 4.79 Å². The van der Waals surface area contributed by atoms with Crippen LogP contribution in [0.3, 0.4) is 0 Å². The molecular formula is C22H18INO. The van der Waals surface area contributed by atoms with E-state index in [-0.39, 0.29) is 11.2 Å². The summed E-state index contributed by atoms with van der Waals surface area (Å²) in [7, 11) is 0. The molecule has 2 aromatic carbocycles. The Morgan fingerprint density at radius 3 is 2.64 bits per heavy atom. The number of Topliss-reactive ketones (excluding diaryl/α,β-unsaturated/α-hetero) is 1. The lowest BCUT2D eigenvalue weighted by Crippen LogP contribution is -2.30. The van der Waals surface area contributed by atoms with Gasteiger partial charge in [0.2, 0.25) is 0 Å². The summed E-state index contributed by atoms with van der Waals surface area (Å²) in [6, 6.07) is 12.2. The molecular weight excluding hydrogens is 421 g/mol. The van der Waals surface area contributed by atoms with Gasteiger partial charge in [0.1, 0.15) is 0 Å². The molecule has 4 rings (SSSR count). The zero-order valence-electron chi connectivity index (χ0n) is 14.5. The smallest absolute Gasteiger partial charge is 0.193 e. The quantitative estimate of drug-likeness (QED) is 0.573. The van der Waals surface area contributed by atoms with Gasteiger partial charge in [-0.2, -0.15) is 5.26 Å². The molecule has 0 fully saturated rings. The highest BCUT2D eigenvalue weighted by atomic mass is 127. The summed E-state index contributed by atoms with van der Waals surface area (Å²) in [5.74, 6) is 0.138. The SMILES string of the molecule is CCc1cc2c(cc1I)C(C)(C)C1=C(C2=O)c2ccc(C#N)cc2C1. The second-order valence-electron chi connectivity index (χ2n) is 7.31. The van der Waals surface area contributed by atoms with E-state index in [2.05, 4.69) is 61.6 Å². The molecule has 0 atom stereocenters. The fraction of sp³-hybridized carbons (Fsp3) is 0.273. The van der Waals surface area contributed by atoms with Crippen LogP contribution in [0.1, 0.15) is 58.9 Å². The second-order valence-corrected chi connectivity index (χ2v) is 8.47. The van der Waals surface area contributed by atoms with Crippen LogP contribution in [-0.2, 0) is 18.3 Å². The number of halogens is 1. The lowest BCUT2D eigenvalue weighted by atomic mass is 9.68. The van der Waals surface area contributed by atoms with Gasteiger partial charge in [0.25, 0.3) is 0 Å². The predicted octanol–water partition coefficient (Wildman–Crippen LogP) is 5.21. The minimum absolute atomic E-state index is 0.138. The minimum Gasteiger partial charge on any atom is -0.289 e. The molecule has 0 saturated heterocycles. The number of hydrogen-bond donors (Lipinski definition) is 0. The fourth-order valence-electron chi connectivity index (χ4n) is 4.18. The molecule has 0 N–H and O–H groups in total. The number of carbonyl (C=O) groups is 1. The van der Waals surface area contributed by atoms with E-state index in [1.807, 2.05) is 18.2 Å². The van der Waals surface area contributed by atoms with Crippen molar-refractivity contribution in [3.8, 4) is 6.07 Å². The molecule has 0 amide bonds. The predicted molar refractivity (Wildman–Crippen MR) is 108 cm³/mol. The molecule has 0 saturated carbocycles. The molecule has 124 valence electrons. The number of nitrogens with zero attached hydrogens (tertiary/aromatic N) is 1. The van der Waals surface area contributed by atoms with E-state index in [9.17, 15) is 10.1 Å². The molecule has 0 heterocycles. The van der Waals surface area contributed by atoms with Gasteiger partial charge in [0.15, 0.2) is 5.78 Å². The summed E-state index contributed by atoms with van der Waals surface area (Å²) in [6.45, 7) is 6.56. The van der Waals surface area contributed by atoms with Crippen LogP contribution in [0.4, 0.5) is 0 Å². The minimum atomic E-state index is -0.184. The monoisotopic (exact) mass is 439 g/mol. The molecule has 0 unspecified atom stereocenters. The van der Waals surface area contributed by atoms with Crippen molar-refractivity contribution in [1.29, 1.82) is 5.26 Å². The third-order valence-electron chi connectivity index (χ3n) is 5.64. The molecule has 0 bridgehead atoms. The Hall–Kier alpha value is -1.93. The maximum Gasteiger partial charge on any atom is 0.193 e. The zero-order valence-corrected chi connectivity index (χ0v) is 16.7. The van der Waals surface area contributed by atoms with Crippen LogP contribution >= 0.6 is 22.6 Å². The summed E-state index contributed by atoms with van der Waals surface area (Å²) in [6.07, 6.45) is 1.68. The number of carbonyl (C=O) groups excluding carboxylic acids is 1. The van der Waals surface area contributed by atoms with Crippen LogP contribution < -0.4 is 0 Å². The molecule has 0 spiro atoms. The van der Waals surface area contributed by atoms with E-state index >= 15 is 0 Å². The first-order valence-electron chi connectivity index (χ1n) is 8.53. The Morgan fingerprint density at radius 2 is 1.96 bits per heavy atom. The second kappa shape index (κ2) is 5.54. The van der Waals surface area contributed by atoms with Crippen molar-refractivity contribution in [2.24, 2.45) is 0 Å². The van der Waals surface area contributed by atoms with Crippen molar-refractivity contribution in [2.75, 3.05) is 0 Å². The molecule has 2 aliphatic carbocycles. The molecule has 2 aliphatic rings. The summed E-state index contributed by atoms with van der Waals surface area (Å²) < 4.78 is 1.23. The number of hydrogen-bond acceptors (Lipinski definition) is 2. The third-order valence-corrected chi connectivity index (χ3v) is 6.64. The third kappa shape index (κ3) is 2.23. The van der Waals surface area contributed by atoms with E-state index in [0.29, 0.717) is 5.56 Å². The average molecular weight is 439 g/mol. The first kappa shape index (κ1) is 16.5. The normalized spacial score (nSPS) is 17.0. The van der Waals surface area contributed by atoms with E-state index in [1.54, 1.807) is 0 Å². The number of aryl methyl sites for hydroxylation is 1. The molecule has 2 aromatic rings. The highest BCUT2D eigenvalue weighted by molar-refractivity contribution is 14.1. The van der Waals surface area contributed by atoms with E-state index in [4.69, 9.17) is 0 Å². The van der Waals surface area contributed by atoms with E-state index in [0.717, 1.165) is 40.7 Å². The lowest BCUT2D eigenvalue weighted by Gasteiger charge is -2.35. The Kier molecular flexibility index (Phi) is 3.66. The number of fused-ring (bicyclic) bond motifs is 3. The maximum atomic E-state index is 13.4. The van der Waals surface area contributed by atoms with Crippen LogP contribution in [0.5, 0.6) is 0 Å². The maximum absolute atomic E-state index is 13.4. The van der Waals surface area contributed by atoms with Crippen molar-refractivity contribution in [1.82, 2.24) is 0 Å². The van der Waals surface area contributed by atoms with E-state index in [1.165, 1.54) is 14.7 Å². The Labute approximate surface area is 161 Å². The van der Waals surface area contributed by atoms with Gasteiger partial charge in [0.05, 0.1) is 11.6 Å². The van der Waals surface area contributed by atoms with Crippen LogP contribution in [0, 0.1) is 14.9 Å². The van der Waals surface area contributed by atoms with Gasteiger partial charge in [-0.1, -0.05) is 26.8 Å². The van der Waals surface area contributed by atoms with Gasteiger partial charge >= 0.3 is 0 Å². The number of benzene rings is 2. The zero-order chi connectivity index (χ0) is 17.9. The summed E-state index contributed by atoms with van der Waals surface area (Å²) in [5.41, 5.74) is 7.84. The highest BCUT2D eigenvalue weighted by Gasteiger charge is 2.43. The van der Waals surface area contributed by atoms with Gasteiger partial charge in [-0.05, 0) is 87.5 Å². The topological polar surface area (TPSA) is 40.9 Å². The first-order valence-corrected chi connectivity index (χ1v) is 9.61. The Bertz CT molecular complexity index is 1020. The Morgan fingerprint density at radius 1 is 1.20 bits per heavy atom. The van der Waals surface area contributed by atoms with Gasteiger partial charge in [-0.15, -0.1) is 0 Å². The highest BCUT2D eigenvalue weighted by Crippen LogP contribution is 2.50. The molecule has 2 nitrogen and oxygen atoms in total. The van der Waals surface area contributed by atoms with Gasteiger partial charge in [-0.3, -0.25) is 4.79 Å². The van der Waals surface area contributed by atoms with Crippen molar-refractivity contribution in [3.05, 3.63) is 72.9 Å². The van der Waals surface area contributed by atoms with Crippen LogP contribution in [0.25, 0.3) is 5.57 Å². The van der Waals surface area contributed by atoms with Gasteiger partial charge in [-0.25, -0.2) is 0 Å². The summed E-state index contributed by atoms with van der Waals surface area (Å²) in [5, 5.41) is 9.18. The molecule has 0 aliphatic heterocycles. The molecule has 0 aromatic heterocycles. The van der Waals surface area contributed by atoms with Gasteiger partial charge in [0, 0.05) is 20.1 Å². The van der Waals surface area contributed by atoms with Gasteiger partial charge < -0.3 is 0 Å². The van der Waals surface area contributed by atoms with Crippen molar-refractivity contribution in [2.45, 2.75) is 39.0 Å². The number of ketones is 1. The number of allylic oxidation sites excluding steroid dienone is 2.